The van der Waals surface area contributed by atoms with E-state index in [9.17, 15) is 18.0 Å². The Morgan fingerprint density at radius 1 is 1.33 bits per heavy atom. The van der Waals surface area contributed by atoms with Crippen LogP contribution < -0.4 is 5.32 Å². The van der Waals surface area contributed by atoms with Gasteiger partial charge in [-0.15, -0.1) is 0 Å². The third kappa shape index (κ3) is 4.78. The van der Waals surface area contributed by atoms with E-state index in [2.05, 4.69) is 5.32 Å². The van der Waals surface area contributed by atoms with E-state index in [1.807, 2.05) is 6.92 Å². The van der Waals surface area contributed by atoms with Crippen molar-refractivity contribution >= 4 is 39.2 Å². The van der Waals surface area contributed by atoms with Crippen LogP contribution in [-0.4, -0.2) is 57.5 Å². The van der Waals surface area contributed by atoms with Gasteiger partial charge in [-0.3, -0.25) is 9.59 Å². The van der Waals surface area contributed by atoms with Gasteiger partial charge in [0.15, 0.2) is 6.61 Å². The highest BCUT2D eigenvalue weighted by Gasteiger charge is 2.40. The molecule has 1 aromatic rings. The number of ether oxygens (including phenoxy) is 2. The first-order valence-corrected chi connectivity index (χ1v) is 10.4. The highest BCUT2D eigenvalue weighted by Crippen LogP contribution is 2.38. The normalized spacial score (nSPS) is 22.9. The summed E-state index contributed by atoms with van der Waals surface area (Å²) in [6, 6.07) is 4.09. The van der Waals surface area contributed by atoms with Crippen LogP contribution in [0.15, 0.2) is 23.1 Å². The monoisotopic (exact) mass is 416 g/mol. The average molecular weight is 417 g/mol. The summed E-state index contributed by atoms with van der Waals surface area (Å²) in [7, 11) is -3.71. The Bertz CT molecular complexity index is 838. The summed E-state index contributed by atoms with van der Waals surface area (Å²) in [6.07, 6.45) is 0.772. The lowest BCUT2D eigenvalue weighted by molar-refractivity contribution is -0.148. The summed E-state index contributed by atoms with van der Waals surface area (Å²) in [6.45, 7) is 2.69. The molecule has 1 aliphatic heterocycles. The molecule has 2 unspecified atom stereocenters. The van der Waals surface area contributed by atoms with E-state index in [-0.39, 0.29) is 40.5 Å². The quantitative estimate of drug-likeness (QED) is 0.705. The molecule has 0 radical (unpaired) electrons. The second kappa shape index (κ2) is 8.14. The topological polar surface area (TPSA) is 102 Å². The van der Waals surface area contributed by atoms with E-state index >= 15 is 0 Å². The molecule has 27 heavy (non-hydrogen) atoms. The number of anilines is 1. The minimum Gasteiger partial charge on any atom is -0.455 e. The molecule has 8 nitrogen and oxygen atoms in total. The number of nitrogens with zero attached hydrogens (tertiary/aromatic N) is 1. The van der Waals surface area contributed by atoms with E-state index in [0.717, 1.165) is 6.42 Å². The van der Waals surface area contributed by atoms with Crippen molar-refractivity contribution in [2.24, 2.45) is 11.8 Å². The van der Waals surface area contributed by atoms with E-state index in [0.29, 0.717) is 13.2 Å². The van der Waals surface area contributed by atoms with E-state index < -0.39 is 28.5 Å². The average Bonchev–Trinajstić information content (AvgIpc) is 3.39. The number of benzene rings is 1. The fourth-order valence-corrected chi connectivity index (χ4v) is 4.38. The second-order valence-corrected chi connectivity index (χ2v) is 8.98. The van der Waals surface area contributed by atoms with Crippen LogP contribution in [0.4, 0.5) is 5.69 Å². The van der Waals surface area contributed by atoms with Gasteiger partial charge in [-0.25, -0.2) is 8.42 Å². The smallest absolute Gasteiger partial charge is 0.309 e. The zero-order valence-electron chi connectivity index (χ0n) is 14.8. The molecule has 2 fully saturated rings. The van der Waals surface area contributed by atoms with E-state index in [1.165, 1.54) is 22.5 Å². The summed E-state index contributed by atoms with van der Waals surface area (Å²) in [5.74, 6) is -0.827. The van der Waals surface area contributed by atoms with Gasteiger partial charge in [0, 0.05) is 13.1 Å². The number of nitrogens with one attached hydrogen (secondary N) is 1. The maximum Gasteiger partial charge on any atom is 0.309 e. The van der Waals surface area contributed by atoms with Crippen LogP contribution in [0, 0.1) is 11.8 Å². The third-order valence-corrected chi connectivity index (χ3v) is 6.80. The van der Waals surface area contributed by atoms with Crippen LogP contribution in [0.5, 0.6) is 0 Å². The van der Waals surface area contributed by atoms with Crippen LogP contribution in [0.1, 0.15) is 13.3 Å². The number of rotatable bonds is 6. The summed E-state index contributed by atoms with van der Waals surface area (Å²) < 4.78 is 36.9. The lowest BCUT2D eigenvalue weighted by atomic mass is 10.3. The van der Waals surface area contributed by atoms with Crippen LogP contribution >= 0.6 is 11.6 Å². The van der Waals surface area contributed by atoms with Crippen molar-refractivity contribution in [3.63, 3.8) is 0 Å². The summed E-state index contributed by atoms with van der Waals surface area (Å²) in [4.78, 5) is 23.7. The predicted octanol–water partition coefficient (Wildman–Crippen LogP) is 1.50. The highest BCUT2D eigenvalue weighted by molar-refractivity contribution is 7.89. The number of amides is 1. The van der Waals surface area contributed by atoms with Crippen molar-refractivity contribution in [2.45, 2.75) is 18.2 Å². The van der Waals surface area contributed by atoms with Gasteiger partial charge in [-0.05, 0) is 30.5 Å². The molecular weight excluding hydrogens is 396 g/mol. The number of esters is 1. The first-order valence-electron chi connectivity index (χ1n) is 8.63. The maximum absolute atomic E-state index is 12.7. The van der Waals surface area contributed by atoms with Crippen molar-refractivity contribution in [1.82, 2.24) is 4.31 Å². The highest BCUT2D eigenvalue weighted by atomic mass is 35.5. The van der Waals surface area contributed by atoms with Gasteiger partial charge in [-0.2, -0.15) is 4.31 Å². The summed E-state index contributed by atoms with van der Waals surface area (Å²) >= 11 is 6.07. The molecule has 2 aliphatic rings. The Morgan fingerprint density at radius 3 is 2.63 bits per heavy atom. The minimum atomic E-state index is -3.71. The number of sulfonamides is 1. The second-order valence-electron chi connectivity index (χ2n) is 6.63. The summed E-state index contributed by atoms with van der Waals surface area (Å²) in [5.41, 5.74) is 0.145. The first-order chi connectivity index (χ1) is 12.8. The molecule has 1 saturated heterocycles. The number of carbonyl (C=O) groups excluding carboxylic acids is 2. The van der Waals surface area contributed by atoms with Gasteiger partial charge >= 0.3 is 5.97 Å². The summed E-state index contributed by atoms with van der Waals surface area (Å²) in [5, 5.41) is 2.68. The zero-order valence-corrected chi connectivity index (χ0v) is 16.4. The van der Waals surface area contributed by atoms with Crippen molar-refractivity contribution in [3.8, 4) is 0 Å². The Balaban J connectivity index is 1.66. The number of hydrogen-bond donors (Lipinski definition) is 1. The van der Waals surface area contributed by atoms with Gasteiger partial charge in [-0.1, -0.05) is 18.5 Å². The van der Waals surface area contributed by atoms with Crippen LogP contribution in [0.25, 0.3) is 0 Å². The molecule has 1 aliphatic carbocycles. The molecule has 0 spiro atoms. The number of hydrogen-bond acceptors (Lipinski definition) is 6. The molecule has 1 aromatic carbocycles. The van der Waals surface area contributed by atoms with Crippen LogP contribution in [-0.2, 0) is 29.1 Å². The lowest BCUT2D eigenvalue weighted by Gasteiger charge is -2.26. The van der Waals surface area contributed by atoms with Gasteiger partial charge in [0.25, 0.3) is 5.91 Å². The Kier molecular flexibility index (Phi) is 6.05. The molecular formula is C17H21ClN2O6S. The van der Waals surface area contributed by atoms with Gasteiger partial charge in [0.05, 0.1) is 34.7 Å². The molecule has 2 atom stereocenters. The van der Waals surface area contributed by atoms with Crippen molar-refractivity contribution in [1.29, 1.82) is 0 Å². The molecule has 0 bridgehead atoms. The van der Waals surface area contributed by atoms with E-state index in [1.54, 1.807) is 0 Å². The SMILES string of the molecule is CC1CC1C(=O)OCC(=O)Nc1cc(S(=O)(=O)N2CCOCC2)ccc1Cl. The number of halogens is 1. The fraction of sp³-hybridized carbons (Fsp3) is 0.529. The van der Waals surface area contributed by atoms with Crippen molar-refractivity contribution in [2.75, 3.05) is 38.2 Å². The Labute approximate surface area is 162 Å². The number of carbonyl (C=O) groups is 2. The molecule has 1 saturated carbocycles. The van der Waals surface area contributed by atoms with Gasteiger partial charge in [0.2, 0.25) is 10.0 Å². The van der Waals surface area contributed by atoms with E-state index in [4.69, 9.17) is 21.1 Å². The lowest BCUT2D eigenvalue weighted by Crippen LogP contribution is -2.40. The maximum atomic E-state index is 12.7. The molecule has 1 heterocycles. The van der Waals surface area contributed by atoms with Crippen molar-refractivity contribution < 1.29 is 27.5 Å². The third-order valence-electron chi connectivity index (χ3n) is 4.58. The standard InChI is InChI=1S/C17H21ClN2O6S/c1-11-8-13(11)17(22)26-10-16(21)19-15-9-12(2-3-14(15)18)27(23,24)20-4-6-25-7-5-20/h2-3,9,11,13H,4-8,10H2,1H3,(H,19,21). The number of morpholine rings is 1. The van der Waals surface area contributed by atoms with Crippen LogP contribution in [0.3, 0.4) is 0 Å². The van der Waals surface area contributed by atoms with Crippen LogP contribution in [0.2, 0.25) is 5.02 Å². The molecule has 0 aromatic heterocycles. The molecule has 10 heteroatoms. The first kappa shape index (κ1) is 20.1. The zero-order chi connectivity index (χ0) is 19.6. The fourth-order valence-electron chi connectivity index (χ4n) is 2.78. The van der Waals surface area contributed by atoms with Gasteiger partial charge < -0.3 is 14.8 Å². The largest absolute Gasteiger partial charge is 0.455 e. The molecule has 1 amide bonds. The van der Waals surface area contributed by atoms with Gasteiger partial charge in [0.1, 0.15) is 0 Å². The molecule has 148 valence electrons. The Hall–Kier alpha value is -1.68. The predicted molar refractivity (Wildman–Crippen MR) is 97.9 cm³/mol. The molecule has 1 N–H and O–H groups in total. The van der Waals surface area contributed by atoms with Crippen molar-refractivity contribution in [3.05, 3.63) is 23.2 Å². The minimum absolute atomic E-state index is 0.0212. The molecule has 3 rings (SSSR count). The Morgan fingerprint density at radius 2 is 2.00 bits per heavy atom.